The van der Waals surface area contributed by atoms with E-state index < -0.39 is 10.0 Å². The lowest BCUT2D eigenvalue weighted by Gasteiger charge is -2.09. The van der Waals surface area contributed by atoms with Crippen LogP contribution in [-0.4, -0.2) is 30.8 Å². The number of pyridine rings is 2. The van der Waals surface area contributed by atoms with Crippen molar-refractivity contribution in [1.29, 1.82) is 0 Å². The molecule has 2 aromatic rings. The molecule has 2 aromatic heterocycles. The van der Waals surface area contributed by atoms with Gasteiger partial charge in [-0.2, -0.15) is 0 Å². The van der Waals surface area contributed by atoms with Crippen LogP contribution in [0.5, 0.6) is 0 Å². The van der Waals surface area contributed by atoms with Crippen molar-refractivity contribution in [2.24, 2.45) is 0 Å². The van der Waals surface area contributed by atoms with Gasteiger partial charge in [0.05, 0.1) is 11.9 Å². The summed E-state index contributed by atoms with van der Waals surface area (Å²) < 4.78 is 27.1. The Morgan fingerprint density at radius 2 is 2.13 bits per heavy atom. The molecule has 122 valence electrons. The molecule has 2 rings (SSSR count). The molecule has 4 N–H and O–H groups in total. The van der Waals surface area contributed by atoms with Crippen molar-refractivity contribution in [2.45, 2.75) is 11.3 Å². The minimum absolute atomic E-state index is 0.0323. The number of carbonyl (C=O) groups excluding carboxylic acids is 1. The Morgan fingerprint density at radius 1 is 1.35 bits per heavy atom. The average molecular weight is 400 g/mol. The molecule has 0 fully saturated rings. The molecule has 10 heteroatoms. The summed E-state index contributed by atoms with van der Waals surface area (Å²) in [5, 5.41) is 2.61. The predicted octanol–water partition coefficient (Wildman–Crippen LogP) is 1.13. The molecule has 0 atom stereocenters. The van der Waals surface area contributed by atoms with Crippen molar-refractivity contribution in [2.75, 3.05) is 17.6 Å². The van der Waals surface area contributed by atoms with Gasteiger partial charge in [0.1, 0.15) is 10.7 Å². The van der Waals surface area contributed by atoms with Gasteiger partial charge in [-0.3, -0.25) is 9.78 Å². The van der Waals surface area contributed by atoms with Crippen molar-refractivity contribution >= 4 is 43.4 Å². The van der Waals surface area contributed by atoms with Gasteiger partial charge >= 0.3 is 0 Å². The van der Waals surface area contributed by atoms with Crippen LogP contribution in [0.2, 0.25) is 0 Å². The second-order valence-corrected chi connectivity index (χ2v) is 7.13. The molecule has 2 heterocycles. The average Bonchev–Trinajstić information content (AvgIpc) is 2.50. The highest BCUT2D eigenvalue weighted by molar-refractivity contribution is 9.10. The van der Waals surface area contributed by atoms with Gasteiger partial charge in [-0.25, -0.2) is 18.1 Å². The van der Waals surface area contributed by atoms with Gasteiger partial charge in [0.25, 0.3) is 0 Å². The number of carbonyl (C=O) groups is 1. The molecule has 1 amide bonds. The molecule has 8 nitrogen and oxygen atoms in total. The molecule has 0 aliphatic heterocycles. The van der Waals surface area contributed by atoms with Gasteiger partial charge in [0.2, 0.25) is 15.9 Å². The number of nitrogens with zero attached hydrogens (tertiary/aromatic N) is 2. The first kappa shape index (κ1) is 17.3. The fourth-order valence-corrected chi connectivity index (χ4v) is 3.30. The largest absolute Gasteiger partial charge is 0.383 e. The molecule has 0 bridgehead atoms. The molecule has 0 unspecified atom stereocenters. The smallest absolute Gasteiger partial charge is 0.244 e. The Hall–Kier alpha value is -2.04. The van der Waals surface area contributed by atoms with Gasteiger partial charge in [-0.05, 0) is 34.1 Å². The first-order chi connectivity index (χ1) is 10.9. The summed E-state index contributed by atoms with van der Waals surface area (Å²) >= 11 is 3.14. The standard InChI is InChI=1S/C13H14BrN5O3S/c14-9-6-11(13(15)17-7-9)23(21,22)18-5-3-12(20)19-10-2-1-4-16-8-10/h1-2,4,6-8,18H,3,5H2,(H2,15,17)(H,19,20). The Morgan fingerprint density at radius 3 is 2.83 bits per heavy atom. The first-order valence-corrected chi connectivity index (χ1v) is 8.76. The zero-order valence-corrected chi connectivity index (χ0v) is 14.3. The maximum absolute atomic E-state index is 12.2. The van der Waals surface area contributed by atoms with E-state index in [1.54, 1.807) is 18.3 Å². The lowest BCUT2D eigenvalue weighted by molar-refractivity contribution is -0.116. The van der Waals surface area contributed by atoms with E-state index in [1.165, 1.54) is 18.5 Å². The minimum atomic E-state index is -3.84. The summed E-state index contributed by atoms with van der Waals surface area (Å²) in [5.74, 6) is -0.443. The van der Waals surface area contributed by atoms with E-state index in [0.717, 1.165) is 0 Å². The van der Waals surface area contributed by atoms with E-state index in [1.807, 2.05) is 0 Å². The lowest BCUT2D eigenvalue weighted by Crippen LogP contribution is -2.28. The van der Waals surface area contributed by atoms with Crippen LogP contribution >= 0.6 is 15.9 Å². The van der Waals surface area contributed by atoms with E-state index in [9.17, 15) is 13.2 Å². The van der Waals surface area contributed by atoms with Crippen molar-refractivity contribution < 1.29 is 13.2 Å². The van der Waals surface area contributed by atoms with E-state index in [-0.39, 0.29) is 29.6 Å². The number of rotatable bonds is 6. The maximum atomic E-state index is 12.2. The lowest BCUT2D eigenvalue weighted by atomic mass is 10.3. The zero-order chi connectivity index (χ0) is 16.9. The third-order valence-corrected chi connectivity index (χ3v) is 4.65. The number of nitrogen functional groups attached to an aromatic ring is 1. The summed E-state index contributed by atoms with van der Waals surface area (Å²) in [6.07, 6.45) is 4.45. The summed E-state index contributed by atoms with van der Waals surface area (Å²) in [7, 11) is -3.84. The van der Waals surface area contributed by atoms with Crippen LogP contribution in [0.25, 0.3) is 0 Å². The molecule has 0 saturated heterocycles. The second kappa shape index (κ2) is 7.49. The second-order valence-electron chi connectivity index (χ2n) is 4.47. The van der Waals surface area contributed by atoms with Crippen molar-refractivity contribution in [3.05, 3.63) is 41.3 Å². The third-order valence-electron chi connectivity index (χ3n) is 2.73. The van der Waals surface area contributed by atoms with Gasteiger partial charge in [-0.15, -0.1) is 0 Å². The molecule has 0 aromatic carbocycles. The van der Waals surface area contributed by atoms with Gasteiger partial charge < -0.3 is 11.1 Å². The van der Waals surface area contributed by atoms with E-state index in [0.29, 0.717) is 10.2 Å². The molecule has 0 saturated carbocycles. The van der Waals surface area contributed by atoms with Gasteiger partial charge in [0.15, 0.2) is 0 Å². The summed E-state index contributed by atoms with van der Waals surface area (Å²) in [5.41, 5.74) is 6.11. The van der Waals surface area contributed by atoms with Crippen LogP contribution in [0.15, 0.2) is 46.2 Å². The number of hydrogen-bond acceptors (Lipinski definition) is 6. The molecule has 0 spiro atoms. The van der Waals surface area contributed by atoms with E-state index in [2.05, 4.69) is 35.9 Å². The number of amides is 1. The zero-order valence-electron chi connectivity index (χ0n) is 11.9. The number of nitrogens with two attached hydrogens (primary N) is 1. The fourth-order valence-electron chi connectivity index (χ4n) is 1.68. The highest BCUT2D eigenvalue weighted by atomic mass is 79.9. The highest BCUT2D eigenvalue weighted by Crippen LogP contribution is 2.20. The number of anilines is 2. The van der Waals surface area contributed by atoms with Gasteiger partial charge in [0, 0.05) is 29.8 Å². The molecule has 23 heavy (non-hydrogen) atoms. The van der Waals surface area contributed by atoms with Gasteiger partial charge in [-0.1, -0.05) is 0 Å². The first-order valence-electron chi connectivity index (χ1n) is 6.49. The van der Waals surface area contributed by atoms with Crippen LogP contribution in [0.3, 0.4) is 0 Å². The molecular formula is C13H14BrN5O3S. The number of aromatic nitrogens is 2. The van der Waals surface area contributed by atoms with Crippen LogP contribution in [-0.2, 0) is 14.8 Å². The third kappa shape index (κ3) is 4.98. The Balaban J connectivity index is 1.92. The molecular weight excluding hydrogens is 386 g/mol. The minimum Gasteiger partial charge on any atom is -0.383 e. The van der Waals surface area contributed by atoms with E-state index >= 15 is 0 Å². The topological polar surface area (TPSA) is 127 Å². The molecule has 0 aliphatic carbocycles. The number of hydrogen-bond donors (Lipinski definition) is 3. The Kier molecular flexibility index (Phi) is 5.64. The van der Waals surface area contributed by atoms with Crippen molar-refractivity contribution in [1.82, 2.24) is 14.7 Å². The number of halogens is 1. The summed E-state index contributed by atoms with van der Waals surface area (Å²) in [6.45, 7) is -0.0691. The van der Waals surface area contributed by atoms with Crippen molar-refractivity contribution in [3.8, 4) is 0 Å². The monoisotopic (exact) mass is 399 g/mol. The summed E-state index contributed by atoms with van der Waals surface area (Å²) in [6, 6.07) is 4.71. The fraction of sp³-hybridized carbons (Fsp3) is 0.154. The van der Waals surface area contributed by atoms with E-state index in [4.69, 9.17) is 5.73 Å². The number of sulfonamides is 1. The predicted molar refractivity (Wildman–Crippen MR) is 89.0 cm³/mol. The van der Waals surface area contributed by atoms with Crippen LogP contribution in [0.1, 0.15) is 6.42 Å². The molecule has 0 aliphatic rings. The summed E-state index contributed by atoms with van der Waals surface area (Å²) in [4.78, 5) is 19.2. The normalized spacial score (nSPS) is 11.2. The SMILES string of the molecule is Nc1ncc(Br)cc1S(=O)(=O)NCCC(=O)Nc1cccnc1. The molecule has 0 radical (unpaired) electrons. The van der Waals surface area contributed by atoms with Crippen LogP contribution in [0.4, 0.5) is 11.5 Å². The maximum Gasteiger partial charge on any atom is 0.244 e. The Labute approximate surface area is 141 Å². The quantitative estimate of drug-likeness (QED) is 0.667. The number of nitrogens with one attached hydrogen (secondary N) is 2. The highest BCUT2D eigenvalue weighted by Gasteiger charge is 2.18. The van der Waals surface area contributed by atoms with Crippen LogP contribution in [0, 0.1) is 0 Å². The Bertz CT molecular complexity index is 799. The van der Waals surface area contributed by atoms with Crippen LogP contribution < -0.4 is 15.8 Å². The van der Waals surface area contributed by atoms with Crippen molar-refractivity contribution in [3.63, 3.8) is 0 Å².